The summed E-state index contributed by atoms with van der Waals surface area (Å²) in [5.41, 5.74) is 8.32. The molecular weight excluding hydrogens is 1050 g/mol. The van der Waals surface area contributed by atoms with Gasteiger partial charge in [0, 0.05) is 21.5 Å². The van der Waals surface area contributed by atoms with Gasteiger partial charge < -0.3 is 9.13 Å². The summed E-state index contributed by atoms with van der Waals surface area (Å²) in [5.74, 6) is 0. The number of rotatable bonds is 7. The van der Waals surface area contributed by atoms with Crippen LogP contribution in [0.25, 0.3) is 111 Å². The van der Waals surface area contributed by atoms with Crippen molar-refractivity contribution in [2.24, 2.45) is 0 Å². The van der Waals surface area contributed by atoms with Gasteiger partial charge in [0.2, 0.25) is 0 Å². The third-order valence-corrected chi connectivity index (χ3v) is 14.8. The van der Waals surface area contributed by atoms with Crippen LogP contribution in [0, 0.1) is 102 Å². The molecule has 0 saturated carbocycles. The van der Waals surface area contributed by atoms with Crippen LogP contribution in [-0.2, 0) is 6.18 Å². The summed E-state index contributed by atoms with van der Waals surface area (Å²) < 4.78 is 48.1. The van der Waals surface area contributed by atoms with Crippen LogP contribution in [0.2, 0.25) is 0 Å². The molecule has 10 aromatic carbocycles. The first-order valence-corrected chi connectivity index (χ1v) is 25.5. The highest BCUT2D eigenvalue weighted by atomic mass is 19.4. The van der Waals surface area contributed by atoms with Crippen LogP contribution in [0.1, 0.15) is 55.6 Å². The van der Waals surface area contributed by atoms with Crippen LogP contribution >= 0.6 is 0 Å². The van der Waals surface area contributed by atoms with E-state index in [9.17, 15) is 60.5 Å². The molecule has 12 aromatic rings. The van der Waals surface area contributed by atoms with Crippen molar-refractivity contribution >= 4 is 43.6 Å². The standard InChI is InChI=1S/C70H30F3N11/c71-70(72,73)58-3-1-2-48(24-58)57-29-68(83-64-25-49(53-16-40(31-74)12-41(17-53)32-75)4-8-59(64)60-9-5-50(26-65(60)83)54-18-42(33-76)13-43(19-54)34-77)63(39-82)69(30-57)84-66-27-51(55-20-44(35-78)14-45(21-55)36-79)6-10-61(66)62-11-7-52(28-67(62)84)56-22-46(37-80)15-47(23-56)38-81/h1-30H. The van der Waals surface area contributed by atoms with Crippen molar-refractivity contribution in [3.05, 3.63) is 238 Å². The quantitative estimate of drug-likeness (QED) is 0.148. The molecule has 386 valence electrons. The maximum atomic E-state index is 14.8. The van der Waals surface area contributed by atoms with Crippen molar-refractivity contribution in [2.75, 3.05) is 0 Å². The average Bonchev–Trinajstić information content (AvgIpc) is 2.17. The van der Waals surface area contributed by atoms with Gasteiger partial charge in [-0.3, -0.25) is 0 Å². The summed E-state index contributed by atoms with van der Waals surface area (Å²) in [5, 5.41) is 95.1. The van der Waals surface area contributed by atoms with Gasteiger partial charge >= 0.3 is 6.18 Å². The number of benzene rings is 10. The topological polar surface area (TPSA) is 224 Å². The van der Waals surface area contributed by atoms with Gasteiger partial charge in [0.1, 0.15) is 11.6 Å². The van der Waals surface area contributed by atoms with Crippen molar-refractivity contribution in [1.29, 1.82) is 47.4 Å². The Bertz CT molecular complexity index is 4640. The van der Waals surface area contributed by atoms with E-state index >= 15 is 0 Å². The zero-order chi connectivity index (χ0) is 58.6. The Morgan fingerprint density at radius 3 is 0.774 bits per heavy atom. The Morgan fingerprint density at radius 2 is 0.524 bits per heavy atom. The van der Waals surface area contributed by atoms with Gasteiger partial charge in [-0.1, -0.05) is 60.7 Å². The highest BCUT2D eigenvalue weighted by molar-refractivity contribution is 6.13. The van der Waals surface area contributed by atoms with Crippen molar-refractivity contribution in [2.45, 2.75) is 6.18 Å². The number of halogens is 3. The van der Waals surface area contributed by atoms with Crippen LogP contribution in [0.5, 0.6) is 0 Å². The highest BCUT2D eigenvalue weighted by Gasteiger charge is 2.31. The molecule has 0 unspecified atom stereocenters. The molecule has 84 heavy (non-hydrogen) atoms. The van der Waals surface area contributed by atoms with Crippen molar-refractivity contribution in [1.82, 2.24) is 9.13 Å². The van der Waals surface area contributed by atoms with Crippen molar-refractivity contribution in [3.8, 4) is 122 Å². The fraction of sp³-hybridized carbons (Fsp3) is 0.0143. The van der Waals surface area contributed by atoms with Gasteiger partial charge in [0.05, 0.1) is 132 Å². The van der Waals surface area contributed by atoms with E-state index in [1.807, 2.05) is 81.9 Å². The smallest absolute Gasteiger partial charge is 0.308 e. The fourth-order valence-corrected chi connectivity index (χ4v) is 11.1. The Kier molecular flexibility index (Phi) is 12.5. The van der Waals surface area contributed by atoms with Crippen LogP contribution in [-0.4, -0.2) is 9.13 Å². The minimum Gasteiger partial charge on any atom is -0.308 e. The molecule has 0 bridgehead atoms. The SMILES string of the molecule is N#Cc1cc(C#N)cc(-c2ccc3c4ccc(-c5cc(C#N)cc(C#N)c5)cc4n(-c4cc(-c5cccc(C(F)(F)F)c5)cc(-n5c6cc(-c7cc(C#N)cc(C#N)c7)ccc6c6ccc(-c7cc(C#N)cc(C#N)c7)cc65)c4C#N)c3c2)c1. The van der Waals surface area contributed by atoms with Crippen LogP contribution in [0.4, 0.5) is 13.2 Å². The molecule has 14 heteroatoms. The van der Waals surface area contributed by atoms with Gasteiger partial charge in [0.15, 0.2) is 0 Å². The molecule has 0 N–H and O–H groups in total. The Morgan fingerprint density at radius 1 is 0.262 bits per heavy atom. The first-order valence-electron chi connectivity index (χ1n) is 25.5. The second-order valence-electron chi connectivity index (χ2n) is 19.8. The number of nitriles is 9. The summed E-state index contributed by atoms with van der Waals surface area (Å²) in [6.07, 6.45) is -4.75. The lowest BCUT2D eigenvalue weighted by molar-refractivity contribution is -0.137. The van der Waals surface area contributed by atoms with Gasteiger partial charge in [-0.2, -0.15) is 60.5 Å². The number of nitrogens with zero attached hydrogens (tertiary/aromatic N) is 11. The van der Waals surface area contributed by atoms with Crippen molar-refractivity contribution in [3.63, 3.8) is 0 Å². The van der Waals surface area contributed by atoms with E-state index in [-0.39, 0.29) is 72.6 Å². The molecule has 0 atom stereocenters. The number of hydrogen-bond donors (Lipinski definition) is 0. The summed E-state index contributed by atoms with van der Waals surface area (Å²) >= 11 is 0. The fourth-order valence-electron chi connectivity index (χ4n) is 11.1. The largest absolute Gasteiger partial charge is 0.416 e. The molecule has 0 fully saturated rings. The van der Waals surface area contributed by atoms with E-state index in [1.165, 1.54) is 30.3 Å². The molecular formula is C70H30F3N11. The maximum Gasteiger partial charge on any atom is 0.416 e. The van der Waals surface area contributed by atoms with Gasteiger partial charge in [-0.15, -0.1) is 0 Å². The number of hydrogen-bond acceptors (Lipinski definition) is 9. The molecule has 0 radical (unpaired) electrons. The van der Waals surface area contributed by atoms with Gasteiger partial charge in [-0.05, 0) is 177 Å². The molecule has 0 saturated heterocycles. The lowest BCUT2D eigenvalue weighted by atomic mass is 9.97. The summed E-state index contributed by atoms with van der Waals surface area (Å²) in [6, 6.07) is 69.0. The third kappa shape index (κ3) is 8.93. The van der Waals surface area contributed by atoms with Gasteiger partial charge in [0.25, 0.3) is 0 Å². The molecule has 11 nitrogen and oxygen atoms in total. The lowest BCUT2D eigenvalue weighted by Crippen LogP contribution is -2.06. The first-order chi connectivity index (χ1) is 40.8. The molecule has 0 amide bonds. The molecule has 0 aliphatic rings. The van der Waals surface area contributed by atoms with Crippen molar-refractivity contribution < 1.29 is 13.2 Å². The summed E-state index contributed by atoms with van der Waals surface area (Å²) in [4.78, 5) is 0. The second-order valence-corrected chi connectivity index (χ2v) is 19.8. The monoisotopic (exact) mass is 1080 g/mol. The summed E-state index contributed by atoms with van der Waals surface area (Å²) in [7, 11) is 0. The van der Waals surface area contributed by atoms with E-state index < -0.39 is 11.7 Å². The molecule has 12 rings (SSSR count). The third-order valence-electron chi connectivity index (χ3n) is 14.8. The predicted octanol–water partition coefficient (Wildman–Crippen LogP) is 16.1. The number of fused-ring (bicyclic) bond motifs is 6. The van der Waals surface area contributed by atoms with Gasteiger partial charge in [-0.25, -0.2) is 0 Å². The zero-order valence-electron chi connectivity index (χ0n) is 43.4. The van der Waals surface area contributed by atoms with E-state index in [0.29, 0.717) is 88.1 Å². The Hall–Kier alpha value is -13.0. The molecule has 0 aliphatic heterocycles. The van der Waals surface area contributed by atoms with E-state index in [4.69, 9.17) is 0 Å². The second kappa shape index (κ2) is 20.3. The first kappa shape index (κ1) is 51.7. The molecule has 2 aromatic heterocycles. The number of alkyl halides is 3. The van der Waals surface area contributed by atoms with E-state index in [1.54, 1.807) is 66.7 Å². The average molecular weight is 1080 g/mol. The molecule has 0 aliphatic carbocycles. The predicted molar refractivity (Wildman–Crippen MR) is 310 cm³/mol. The molecule has 2 heterocycles. The van der Waals surface area contributed by atoms with E-state index in [0.717, 1.165) is 12.1 Å². The van der Waals surface area contributed by atoms with E-state index in [2.05, 4.69) is 54.6 Å². The van der Waals surface area contributed by atoms with Crippen LogP contribution in [0.15, 0.2) is 182 Å². The summed E-state index contributed by atoms with van der Waals surface area (Å²) in [6.45, 7) is 0. The molecule has 0 spiro atoms. The Balaban J connectivity index is 1.26. The maximum absolute atomic E-state index is 14.8. The zero-order valence-corrected chi connectivity index (χ0v) is 43.4. The minimum absolute atomic E-state index is 0.0444. The Labute approximate surface area is 476 Å². The van der Waals surface area contributed by atoms with Crippen LogP contribution in [0.3, 0.4) is 0 Å². The van der Waals surface area contributed by atoms with Crippen LogP contribution < -0.4 is 0 Å². The minimum atomic E-state index is -4.75. The highest BCUT2D eigenvalue weighted by Crippen LogP contribution is 2.45. The normalized spacial score (nSPS) is 10.9. The lowest BCUT2D eigenvalue weighted by Gasteiger charge is -2.19. The number of aromatic nitrogens is 2.